The van der Waals surface area contributed by atoms with Crippen LogP contribution in [0, 0.1) is 11.8 Å². The molecule has 0 aromatic carbocycles. The standard InChI is InChI=1S/C16H22ClN3O/c1-2-7-18-14-9-12(8-13(17)19-14)16(21)20-15(10-3-4-10)11-5-6-11/h8-11,15H,2-7H2,1H3,(H,18,19)(H,20,21). The number of halogens is 1. The van der Waals surface area contributed by atoms with E-state index in [2.05, 4.69) is 22.5 Å². The molecule has 0 spiro atoms. The predicted octanol–water partition coefficient (Wildman–Crippen LogP) is 3.48. The first-order valence-electron chi connectivity index (χ1n) is 7.89. The van der Waals surface area contributed by atoms with Crippen LogP contribution < -0.4 is 10.6 Å². The van der Waals surface area contributed by atoms with Crippen LogP contribution >= 0.6 is 11.6 Å². The SMILES string of the molecule is CCCNc1cc(C(=O)NC(C2CC2)C2CC2)cc(Cl)n1. The topological polar surface area (TPSA) is 54.0 Å². The number of carbonyl (C=O) groups is 1. The molecule has 0 atom stereocenters. The van der Waals surface area contributed by atoms with Crippen LogP contribution in [-0.4, -0.2) is 23.5 Å². The lowest BCUT2D eigenvalue weighted by Gasteiger charge is -2.18. The number of pyridine rings is 1. The fraction of sp³-hybridized carbons (Fsp3) is 0.625. The minimum absolute atomic E-state index is 0.0253. The fourth-order valence-corrected chi connectivity index (χ4v) is 2.95. The zero-order chi connectivity index (χ0) is 14.8. The lowest BCUT2D eigenvalue weighted by Crippen LogP contribution is -2.38. The van der Waals surface area contributed by atoms with E-state index in [1.165, 1.54) is 25.7 Å². The Morgan fingerprint density at radius 1 is 1.33 bits per heavy atom. The third kappa shape index (κ3) is 3.88. The van der Waals surface area contributed by atoms with Gasteiger partial charge in [-0.05, 0) is 56.1 Å². The first-order chi connectivity index (χ1) is 10.2. The van der Waals surface area contributed by atoms with Gasteiger partial charge in [-0.1, -0.05) is 18.5 Å². The van der Waals surface area contributed by atoms with Gasteiger partial charge in [0.15, 0.2) is 0 Å². The highest BCUT2D eigenvalue weighted by Crippen LogP contribution is 2.44. The van der Waals surface area contributed by atoms with Crippen molar-refractivity contribution in [3.63, 3.8) is 0 Å². The van der Waals surface area contributed by atoms with Gasteiger partial charge >= 0.3 is 0 Å². The van der Waals surface area contributed by atoms with Crippen LogP contribution in [0.4, 0.5) is 5.82 Å². The summed E-state index contributed by atoms with van der Waals surface area (Å²) in [5.74, 6) is 2.03. The van der Waals surface area contributed by atoms with Gasteiger partial charge in [-0.15, -0.1) is 0 Å². The molecule has 0 bridgehead atoms. The number of anilines is 1. The average molecular weight is 308 g/mol. The van der Waals surface area contributed by atoms with Gasteiger partial charge in [0.1, 0.15) is 11.0 Å². The lowest BCUT2D eigenvalue weighted by atomic mass is 10.1. The molecular formula is C16H22ClN3O. The molecule has 2 fully saturated rings. The van der Waals surface area contributed by atoms with Crippen LogP contribution in [0.15, 0.2) is 12.1 Å². The maximum Gasteiger partial charge on any atom is 0.251 e. The van der Waals surface area contributed by atoms with E-state index in [4.69, 9.17) is 11.6 Å². The summed E-state index contributed by atoms with van der Waals surface area (Å²) in [6, 6.07) is 3.79. The van der Waals surface area contributed by atoms with Crippen LogP contribution in [0.2, 0.25) is 5.15 Å². The number of amides is 1. The van der Waals surface area contributed by atoms with Crippen molar-refractivity contribution in [2.24, 2.45) is 11.8 Å². The Kier molecular flexibility index (Phi) is 4.34. The molecule has 114 valence electrons. The molecule has 0 aliphatic heterocycles. The quantitative estimate of drug-likeness (QED) is 0.758. The summed E-state index contributed by atoms with van der Waals surface area (Å²) in [7, 11) is 0. The second-order valence-corrected chi connectivity index (χ2v) is 6.55. The number of nitrogens with zero attached hydrogens (tertiary/aromatic N) is 1. The van der Waals surface area contributed by atoms with E-state index in [-0.39, 0.29) is 5.91 Å². The van der Waals surface area contributed by atoms with Crippen LogP contribution in [0.25, 0.3) is 0 Å². The maximum absolute atomic E-state index is 12.5. The summed E-state index contributed by atoms with van der Waals surface area (Å²) >= 11 is 6.03. The van der Waals surface area contributed by atoms with Crippen molar-refractivity contribution in [1.82, 2.24) is 10.3 Å². The molecule has 1 aromatic rings. The molecule has 2 aliphatic rings. The number of nitrogens with one attached hydrogen (secondary N) is 2. The van der Waals surface area contributed by atoms with Crippen molar-refractivity contribution in [2.45, 2.75) is 45.1 Å². The normalized spacial score (nSPS) is 17.9. The first-order valence-corrected chi connectivity index (χ1v) is 8.27. The van der Waals surface area contributed by atoms with E-state index in [9.17, 15) is 4.79 Å². The van der Waals surface area contributed by atoms with Crippen molar-refractivity contribution >= 4 is 23.3 Å². The third-order valence-corrected chi connectivity index (χ3v) is 4.36. The molecule has 21 heavy (non-hydrogen) atoms. The smallest absolute Gasteiger partial charge is 0.251 e. The van der Waals surface area contributed by atoms with E-state index in [1.807, 2.05) is 0 Å². The first kappa shape index (κ1) is 14.6. The Balaban J connectivity index is 1.69. The molecule has 3 rings (SSSR count). The van der Waals surface area contributed by atoms with Crippen LogP contribution in [0.1, 0.15) is 49.4 Å². The highest BCUT2D eigenvalue weighted by molar-refractivity contribution is 6.29. The van der Waals surface area contributed by atoms with Crippen LogP contribution in [0.3, 0.4) is 0 Å². The molecule has 5 heteroatoms. The summed E-state index contributed by atoms with van der Waals surface area (Å²) in [5.41, 5.74) is 0.597. The molecule has 1 heterocycles. The Morgan fingerprint density at radius 2 is 2.00 bits per heavy atom. The molecule has 1 aromatic heterocycles. The van der Waals surface area contributed by atoms with Crippen molar-refractivity contribution < 1.29 is 4.79 Å². The summed E-state index contributed by atoms with van der Waals surface area (Å²) in [6.07, 6.45) is 6.01. The zero-order valence-electron chi connectivity index (χ0n) is 12.4. The Hall–Kier alpha value is -1.29. The Morgan fingerprint density at radius 3 is 2.57 bits per heavy atom. The summed E-state index contributed by atoms with van der Waals surface area (Å²) in [5, 5.41) is 6.75. The molecule has 2 aliphatic carbocycles. The molecule has 0 radical (unpaired) electrons. The largest absolute Gasteiger partial charge is 0.370 e. The van der Waals surface area contributed by atoms with Gasteiger partial charge in [0, 0.05) is 18.2 Å². The number of hydrogen-bond donors (Lipinski definition) is 2. The monoisotopic (exact) mass is 307 g/mol. The summed E-state index contributed by atoms with van der Waals surface area (Å²) in [4.78, 5) is 16.7. The van der Waals surface area contributed by atoms with Crippen LogP contribution in [0.5, 0.6) is 0 Å². The van der Waals surface area contributed by atoms with E-state index >= 15 is 0 Å². The Bertz CT molecular complexity index is 514. The minimum Gasteiger partial charge on any atom is -0.370 e. The van der Waals surface area contributed by atoms with Crippen molar-refractivity contribution in [3.05, 3.63) is 22.8 Å². The fourth-order valence-electron chi connectivity index (χ4n) is 2.74. The molecule has 2 saturated carbocycles. The van der Waals surface area contributed by atoms with E-state index < -0.39 is 0 Å². The summed E-state index contributed by atoms with van der Waals surface area (Å²) in [6.45, 7) is 2.90. The molecule has 2 N–H and O–H groups in total. The van der Waals surface area contributed by atoms with Gasteiger partial charge in [-0.2, -0.15) is 0 Å². The molecule has 0 saturated heterocycles. The molecule has 1 amide bonds. The Labute approximate surface area is 130 Å². The summed E-state index contributed by atoms with van der Waals surface area (Å²) < 4.78 is 0. The van der Waals surface area contributed by atoms with Gasteiger partial charge in [0.2, 0.25) is 0 Å². The maximum atomic E-state index is 12.5. The number of rotatable bonds is 7. The predicted molar refractivity (Wildman–Crippen MR) is 84.7 cm³/mol. The number of hydrogen-bond acceptors (Lipinski definition) is 3. The average Bonchev–Trinajstić information content (AvgIpc) is 3.34. The van der Waals surface area contributed by atoms with Gasteiger partial charge in [-0.25, -0.2) is 4.98 Å². The molecular weight excluding hydrogens is 286 g/mol. The number of carbonyl (C=O) groups excluding carboxylic acids is 1. The number of aromatic nitrogens is 1. The van der Waals surface area contributed by atoms with Gasteiger partial charge < -0.3 is 10.6 Å². The third-order valence-electron chi connectivity index (χ3n) is 4.17. The van der Waals surface area contributed by atoms with E-state index in [1.54, 1.807) is 12.1 Å². The van der Waals surface area contributed by atoms with Gasteiger partial charge in [-0.3, -0.25) is 4.79 Å². The zero-order valence-corrected chi connectivity index (χ0v) is 13.1. The van der Waals surface area contributed by atoms with Crippen molar-refractivity contribution in [1.29, 1.82) is 0 Å². The molecule has 4 nitrogen and oxygen atoms in total. The molecule has 0 unspecified atom stereocenters. The van der Waals surface area contributed by atoms with Crippen molar-refractivity contribution in [3.8, 4) is 0 Å². The van der Waals surface area contributed by atoms with Gasteiger partial charge in [0.05, 0.1) is 0 Å². The second kappa shape index (κ2) is 6.22. The second-order valence-electron chi connectivity index (χ2n) is 6.16. The van der Waals surface area contributed by atoms with E-state index in [0.29, 0.717) is 34.4 Å². The van der Waals surface area contributed by atoms with Crippen molar-refractivity contribution in [2.75, 3.05) is 11.9 Å². The highest BCUT2D eigenvalue weighted by atomic mass is 35.5. The lowest BCUT2D eigenvalue weighted by molar-refractivity contribution is 0.0926. The van der Waals surface area contributed by atoms with Crippen LogP contribution in [-0.2, 0) is 0 Å². The minimum atomic E-state index is -0.0253. The van der Waals surface area contributed by atoms with Gasteiger partial charge in [0.25, 0.3) is 5.91 Å². The highest BCUT2D eigenvalue weighted by Gasteiger charge is 2.42. The van der Waals surface area contributed by atoms with E-state index in [0.717, 1.165) is 13.0 Å².